The lowest BCUT2D eigenvalue weighted by molar-refractivity contribution is -0.114. The molecule has 9 heteroatoms. The maximum Gasteiger partial charge on any atom is 0.283 e. The molecule has 2 aromatic rings. The molecule has 2 aliphatic rings. The van der Waals surface area contributed by atoms with Gasteiger partial charge in [-0.2, -0.15) is 10.0 Å². The summed E-state index contributed by atoms with van der Waals surface area (Å²) in [6.45, 7) is 8.64. The van der Waals surface area contributed by atoms with Crippen LogP contribution in [0.3, 0.4) is 0 Å². The van der Waals surface area contributed by atoms with E-state index in [4.69, 9.17) is 10.1 Å². The molecule has 0 spiro atoms. The summed E-state index contributed by atoms with van der Waals surface area (Å²) in [6, 6.07) is 9.92. The van der Waals surface area contributed by atoms with Crippen LogP contribution in [-0.4, -0.2) is 43.2 Å². The van der Waals surface area contributed by atoms with E-state index in [9.17, 15) is 4.79 Å². The van der Waals surface area contributed by atoms with Gasteiger partial charge in [0.15, 0.2) is 10.2 Å². The van der Waals surface area contributed by atoms with Crippen molar-refractivity contribution in [2.45, 2.75) is 27.7 Å². The molecule has 0 aliphatic carbocycles. The highest BCUT2D eigenvalue weighted by molar-refractivity contribution is 8.45. The highest BCUT2D eigenvalue weighted by Crippen LogP contribution is 2.33. The lowest BCUT2D eigenvalue weighted by Gasteiger charge is -2.20. The Kier molecular flexibility index (Phi) is 6.06. The number of aliphatic imine (C=N–C) groups is 1. The first kappa shape index (κ1) is 21.5. The SMILES string of the molecule is CCOc1ccc(-n2c(C)cc(C=C3C(=N)N4N=C(SCC)SC4=NC3=O)c2C)cc1. The predicted octanol–water partition coefficient (Wildman–Crippen LogP) is 4.82. The maximum atomic E-state index is 12.7. The van der Waals surface area contributed by atoms with Gasteiger partial charge in [0.05, 0.1) is 12.2 Å². The molecule has 1 aromatic carbocycles. The number of amides is 1. The number of aromatic nitrogens is 1. The molecule has 0 saturated carbocycles. The van der Waals surface area contributed by atoms with Crippen LogP contribution in [0.1, 0.15) is 30.8 Å². The number of carbonyl (C=O) groups excluding carboxylic acids is 1. The third-order valence-corrected chi connectivity index (χ3v) is 6.80. The minimum Gasteiger partial charge on any atom is -0.494 e. The molecule has 160 valence electrons. The van der Waals surface area contributed by atoms with E-state index in [-0.39, 0.29) is 11.4 Å². The van der Waals surface area contributed by atoms with Crippen molar-refractivity contribution in [1.29, 1.82) is 5.41 Å². The van der Waals surface area contributed by atoms with E-state index < -0.39 is 5.91 Å². The minimum absolute atomic E-state index is 0.0556. The molecular weight excluding hydrogens is 430 g/mol. The van der Waals surface area contributed by atoms with Crippen LogP contribution in [0.5, 0.6) is 5.75 Å². The van der Waals surface area contributed by atoms with E-state index in [1.165, 1.54) is 16.8 Å². The number of nitrogens with one attached hydrogen (secondary N) is 1. The topological polar surface area (TPSA) is 83.0 Å². The van der Waals surface area contributed by atoms with Crippen LogP contribution in [0.25, 0.3) is 11.8 Å². The Labute approximate surface area is 189 Å². The van der Waals surface area contributed by atoms with Gasteiger partial charge in [-0.15, -0.1) is 5.10 Å². The van der Waals surface area contributed by atoms with Gasteiger partial charge in [0.1, 0.15) is 5.75 Å². The smallest absolute Gasteiger partial charge is 0.283 e. The number of ether oxygens (including phenoxy) is 1. The number of carbonyl (C=O) groups is 1. The molecule has 4 rings (SSSR count). The average molecular weight is 454 g/mol. The van der Waals surface area contributed by atoms with Gasteiger partial charge in [0.2, 0.25) is 5.17 Å². The monoisotopic (exact) mass is 453 g/mol. The van der Waals surface area contributed by atoms with Crippen LogP contribution in [-0.2, 0) is 4.79 Å². The first-order valence-electron chi connectivity index (χ1n) is 9.98. The number of amidine groups is 2. The van der Waals surface area contributed by atoms with E-state index in [0.29, 0.717) is 11.8 Å². The molecule has 1 amide bonds. The number of nitrogens with zero attached hydrogens (tertiary/aromatic N) is 4. The fourth-order valence-corrected chi connectivity index (χ4v) is 5.33. The second-order valence-electron chi connectivity index (χ2n) is 6.91. The summed E-state index contributed by atoms with van der Waals surface area (Å²) in [5, 5.41) is 14.9. The summed E-state index contributed by atoms with van der Waals surface area (Å²) >= 11 is 2.91. The Bertz CT molecular complexity index is 1150. The Morgan fingerprint density at radius 3 is 2.65 bits per heavy atom. The van der Waals surface area contributed by atoms with Crippen molar-refractivity contribution >= 4 is 50.9 Å². The Balaban J connectivity index is 1.67. The summed E-state index contributed by atoms with van der Waals surface area (Å²) in [7, 11) is 0. The van der Waals surface area contributed by atoms with E-state index in [2.05, 4.69) is 14.7 Å². The molecule has 31 heavy (non-hydrogen) atoms. The van der Waals surface area contributed by atoms with Crippen LogP contribution < -0.4 is 4.74 Å². The number of hydrogen-bond acceptors (Lipinski definition) is 6. The molecule has 2 aliphatic heterocycles. The lowest BCUT2D eigenvalue weighted by atomic mass is 10.1. The third kappa shape index (κ3) is 4.07. The standard InChI is InChI=1S/C22H23N5O2S2/c1-5-29-17-9-7-16(8-10-17)26-13(3)11-15(14(26)4)12-18-19(23)27-21(24-20(18)28)31-22(25-27)30-6-2/h7-12,23H,5-6H2,1-4H3. The quantitative estimate of drug-likeness (QED) is 0.656. The maximum absolute atomic E-state index is 12.7. The highest BCUT2D eigenvalue weighted by Gasteiger charge is 2.35. The van der Waals surface area contributed by atoms with Crippen molar-refractivity contribution in [3.63, 3.8) is 0 Å². The molecule has 3 heterocycles. The first-order valence-corrected chi connectivity index (χ1v) is 11.8. The fraction of sp³-hybridized carbons (Fsp3) is 0.273. The molecule has 0 fully saturated rings. The summed E-state index contributed by atoms with van der Waals surface area (Å²) in [5.41, 5.74) is 4.13. The molecule has 0 bridgehead atoms. The van der Waals surface area contributed by atoms with E-state index in [1.54, 1.807) is 17.8 Å². The number of hydrazone groups is 1. The third-order valence-electron chi connectivity index (χ3n) is 4.88. The van der Waals surface area contributed by atoms with Crippen molar-refractivity contribution in [2.24, 2.45) is 10.1 Å². The van der Waals surface area contributed by atoms with Gasteiger partial charge in [-0.3, -0.25) is 10.2 Å². The summed E-state index contributed by atoms with van der Waals surface area (Å²) < 4.78 is 8.45. The molecule has 0 saturated heterocycles. The number of benzene rings is 1. The Hall–Kier alpha value is -2.78. The van der Waals surface area contributed by atoms with Crippen molar-refractivity contribution in [3.05, 3.63) is 52.9 Å². The van der Waals surface area contributed by atoms with E-state index in [1.807, 2.05) is 58.0 Å². The second-order valence-corrected chi connectivity index (χ2v) is 9.37. The number of hydrogen-bond donors (Lipinski definition) is 1. The van der Waals surface area contributed by atoms with Crippen LogP contribution in [0.15, 0.2) is 46.0 Å². The fourth-order valence-electron chi connectivity index (χ4n) is 3.50. The van der Waals surface area contributed by atoms with Crippen LogP contribution in [0.2, 0.25) is 0 Å². The Morgan fingerprint density at radius 2 is 1.97 bits per heavy atom. The summed E-state index contributed by atoms with van der Waals surface area (Å²) in [6.07, 6.45) is 1.74. The molecule has 0 unspecified atom stereocenters. The van der Waals surface area contributed by atoms with Crippen molar-refractivity contribution in [1.82, 2.24) is 9.58 Å². The lowest BCUT2D eigenvalue weighted by Crippen LogP contribution is -2.35. The summed E-state index contributed by atoms with van der Waals surface area (Å²) in [4.78, 5) is 16.8. The van der Waals surface area contributed by atoms with Crippen LogP contribution in [0, 0.1) is 19.3 Å². The molecule has 1 N–H and O–H groups in total. The van der Waals surface area contributed by atoms with Crippen LogP contribution >= 0.6 is 23.5 Å². The number of fused-ring (bicyclic) bond motifs is 1. The molecule has 1 aromatic heterocycles. The first-order chi connectivity index (χ1) is 14.9. The molecule has 0 atom stereocenters. The molecule has 0 radical (unpaired) electrons. The van der Waals surface area contributed by atoms with Gasteiger partial charge >= 0.3 is 0 Å². The van der Waals surface area contributed by atoms with Gasteiger partial charge in [-0.05, 0) is 80.3 Å². The summed E-state index contributed by atoms with van der Waals surface area (Å²) in [5.74, 6) is 1.34. The second kappa shape index (κ2) is 8.76. The van der Waals surface area contributed by atoms with Gasteiger partial charge < -0.3 is 9.30 Å². The Morgan fingerprint density at radius 1 is 1.23 bits per heavy atom. The molecular formula is C22H23N5O2S2. The van der Waals surface area contributed by atoms with Gasteiger partial charge in [0.25, 0.3) is 5.91 Å². The number of thioether (sulfide) groups is 2. The highest BCUT2D eigenvalue weighted by atomic mass is 32.2. The normalized spacial score (nSPS) is 17.2. The van der Waals surface area contributed by atoms with Gasteiger partial charge in [-0.25, -0.2) is 0 Å². The average Bonchev–Trinajstić information content (AvgIpc) is 3.26. The minimum atomic E-state index is -0.410. The van der Waals surface area contributed by atoms with E-state index in [0.717, 1.165) is 38.5 Å². The van der Waals surface area contributed by atoms with Gasteiger partial charge in [0, 0.05) is 17.1 Å². The predicted molar refractivity (Wildman–Crippen MR) is 130 cm³/mol. The number of rotatable bonds is 5. The zero-order valence-corrected chi connectivity index (χ0v) is 19.4. The zero-order chi connectivity index (χ0) is 22.1. The van der Waals surface area contributed by atoms with Gasteiger partial charge in [-0.1, -0.05) is 18.7 Å². The van der Waals surface area contributed by atoms with Crippen molar-refractivity contribution in [3.8, 4) is 11.4 Å². The van der Waals surface area contributed by atoms with E-state index >= 15 is 0 Å². The zero-order valence-electron chi connectivity index (χ0n) is 17.8. The van der Waals surface area contributed by atoms with Crippen LogP contribution in [0.4, 0.5) is 0 Å². The molecule has 7 nitrogen and oxygen atoms in total. The van der Waals surface area contributed by atoms with Crippen molar-refractivity contribution < 1.29 is 9.53 Å². The van der Waals surface area contributed by atoms with Crippen molar-refractivity contribution in [2.75, 3.05) is 12.4 Å². The number of aryl methyl sites for hydroxylation is 1. The largest absolute Gasteiger partial charge is 0.494 e.